The van der Waals surface area contributed by atoms with Crippen LogP contribution in [0.5, 0.6) is 11.5 Å². The van der Waals surface area contributed by atoms with Gasteiger partial charge in [0.05, 0.1) is 12.5 Å². The van der Waals surface area contributed by atoms with Crippen molar-refractivity contribution in [3.63, 3.8) is 0 Å². The number of hydrogen-bond acceptors (Lipinski definition) is 3. The van der Waals surface area contributed by atoms with E-state index < -0.39 is 17.2 Å². The molecule has 1 aliphatic rings. The van der Waals surface area contributed by atoms with Crippen molar-refractivity contribution in [2.75, 3.05) is 7.11 Å². The van der Waals surface area contributed by atoms with Crippen molar-refractivity contribution in [3.05, 3.63) is 23.5 Å². The van der Waals surface area contributed by atoms with Crippen LogP contribution in [0, 0.1) is 5.82 Å². The molecule has 4 nitrogen and oxygen atoms in total. The number of hydrogen-bond donors (Lipinski definition) is 2. The second kappa shape index (κ2) is 3.91. The maximum atomic E-state index is 13.8. The SMILES string of the molecule is COc1cc(C2(C(=O)O)CCC2)c(F)cc1O. The van der Waals surface area contributed by atoms with Crippen LogP contribution in [0.15, 0.2) is 12.1 Å². The van der Waals surface area contributed by atoms with Gasteiger partial charge in [0.25, 0.3) is 0 Å². The third kappa shape index (κ3) is 1.62. The zero-order valence-electron chi connectivity index (χ0n) is 9.36. The van der Waals surface area contributed by atoms with E-state index in [-0.39, 0.29) is 17.1 Å². The molecule has 1 aromatic carbocycles. The molecule has 0 aliphatic heterocycles. The van der Waals surface area contributed by atoms with E-state index in [1.54, 1.807) is 0 Å². The topological polar surface area (TPSA) is 66.8 Å². The highest BCUT2D eigenvalue weighted by Gasteiger charge is 2.48. The average Bonchev–Trinajstić information content (AvgIpc) is 2.18. The first-order chi connectivity index (χ1) is 8.01. The lowest BCUT2D eigenvalue weighted by Gasteiger charge is -2.38. The second-order valence-corrected chi connectivity index (χ2v) is 4.24. The Kier molecular flexibility index (Phi) is 2.69. The molecule has 2 rings (SSSR count). The number of halogens is 1. The maximum absolute atomic E-state index is 13.8. The first-order valence-electron chi connectivity index (χ1n) is 5.31. The number of ether oxygens (including phenoxy) is 1. The molecular formula is C12H13FO4. The van der Waals surface area contributed by atoms with Crippen molar-refractivity contribution < 1.29 is 24.1 Å². The Morgan fingerprint density at radius 3 is 2.53 bits per heavy atom. The molecule has 0 radical (unpaired) electrons. The van der Waals surface area contributed by atoms with Crippen molar-refractivity contribution in [2.24, 2.45) is 0 Å². The summed E-state index contributed by atoms with van der Waals surface area (Å²) in [7, 11) is 1.34. The van der Waals surface area contributed by atoms with Crippen molar-refractivity contribution in [2.45, 2.75) is 24.7 Å². The quantitative estimate of drug-likeness (QED) is 0.848. The third-order valence-corrected chi connectivity index (χ3v) is 3.40. The van der Waals surface area contributed by atoms with E-state index in [1.807, 2.05) is 0 Å². The average molecular weight is 240 g/mol. The van der Waals surface area contributed by atoms with Gasteiger partial charge in [-0.2, -0.15) is 0 Å². The number of carbonyl (C=O) groups is 1. The molecule has 0 unspecified atom stereocenters. The Bertz CT molecular complexity index is 466. The highest BCUT2D eigenvalue weighted by molar-refractivity contribution is 5.83. The van der Waals surface area contributed by atoms with Gasteiger partial charge in [-0.25, -0.2) is 4.39 Å². The van der Waals surface area contributed by atoms with E-state index in [9.17, 15) is 19.4 Å². The molecule has 2 N–H and O–H groups in total. The lowest BCUT2D eigenvalue weighted by Crippen LogP contribution is -2.43. The third-order valence-electron chi connectivity index (χ3n) is 3.40. The number of carboxylic acids is 1. The van der Waals surface area contributed by atoms with Gasteiger partial charge in [-0.15, -0.1) is 0 Å². The minimum atomic E-state index is -1.16. The van der Waals surface area contributed by atoms with Gasteiger partial charge >= 0.3 is 5.97 Å². The molecule has 1 saturated carbocycles. The van der Waals surface area contributed by atoms with Gasteiger partial charge < -0.3 is 14.9 Å². The van der Waals surface area contributed by atoms with Gasteiger partial charge in [0.1, 0.15) is 5.82 Å². The van der Waals surface area contributed by atoms with E-state index in [0.717, 1.165) is 12.5 Å². The normalized spacial score (nSPS) is 17.3. The molecule has 0 atom stereocenters. The number of rotatable bonds is 3. The highest BCUT2D eigenvalue weighted by atomic mass is 19.1. The Morgan fingerprint density at radius 1 is 1.47 bits per heavy atom. The van der Waals surface area contributed by atoms with Crippen LogP contribution >= 0.6 is 0 Å². The van der Waals surface area contributed by atoms with E-state index in [2.05, 4.69) is 0 Å². The summed E-state index contributed by atoms with van der Waals surface area (Å²) in [5.41, 5.74) is -1.07. The van der Waals surface area contributed by atoms with Gasteiger partial charge in [0.15, 0.2) is 11.5 Å². The molecule has 0 spiro atoms. The van der Waals surface area contributed by atoms with E-state index >= 15 is 0 Å². The fourth-order valence-corrected chi connectivity index (χ4v) is 2.20. The summed E-state index contributed by atoms with van der Waals surface area (Å²) < 4.78 is 18.6. The molecule has 5 heteroatoms. The van der Waals surface area contributed by atoms with Crippen molar-refractivity contribution in [1.29, 1.82) is 0 Å². The largest absolute Gasteiger partial charge is 0.504 e. The van der Waals surface area contributed by atoms with Crippen LogP contribution in [-0.2, 0) is 10.2 Å². The van der Waals surface area contributed by atoms with Crippen LogP contribution in [0.4, 0.5) is 4.39 Å². The molecule has 0 aromatic heterocycles. The van der Waals surface area contributed by atoms with E-state index in [4.69, 9.17) is 4.74 Å². The molecular weight excluding hydrogens is 227 g/mol. The lowest BCUT2D eigenvalue weighted by atomic mass is 9.64. The zero-order valence-corrected chi connectivity index (χ0v) is 9.36. The lowest BCUT2D eigenvalue weighted by molar-refractivity contribution is -0.147. The second-order valence-electron chi connectivity index (χ2n) is 4.24. The molecule has 0 bridgehead atoms. The Labute approximate surface area is 97.6 Å². The number of methoxy groups -OCH3 is 1. The number of aliphatic carboxylic acids is 1. The first-order valence-corrected chi connectivity index (χ1v) is 5.31. The molecule has 1 aliphatic carbocycles. The van der Waals surface area contributed by atoms with Crippen LogP contribution < -0.4 is 4.74 Å². The Balaban J connectivity index is 2.54. The predicted molar refractivity (Wildman–Crippen MR) is 57.8 cm³/mol. The minimum absolute atomic E-state index is 0.0888. The van der Waals surface area contributed by atoms with Crippen molar-refractivity contribution in [1.82, 2.24) is 0 Å². The van der Waals surface area contributed by atoms with Crippen LogP contribution in [-0.4, -0.2) is 23.3 Å². The molecule has 0 amide bonds. The monoisotopic (exact) mass is 240 g/mol. The van der Waals surface area contributed by atoms with Gasteiger partial charge in [0.2, 0.25) is 0 Å². The van der Waals surface area contributed by atoms with Gasteiger partial charge in [-0.3, -0.25) is 4.79 Å². The summed E-state index contributed by atoms with van der Waals surface area (Å²) in [6.07, 6.45) is 1.58. The molecule has 1 fully saturated rings. The fourth-order valence-electron chi connectivity index (χ4n) is 2.20. The fraction of sp³-hybridized carbons (Fsp3) is 0.417. The zero-order chi connectivity index (χ0) is 12.6. The highest BCUT2D eigenvalue weighted by Crippen LogP contribution is 2.47. The van der Waals surface area contributed by atoms with Gasteiger partial charge in [-0.05, 0) is 18.9 Å². The molecule has 92 valence electrons. The number of phenols is 1. The summed E-state index contributed by atoms with van der Waals surface area (Å²) >= 11 is 0. The van der Waals surface area contributed by atoms with Crippen LogP contribution in [0.2, 0.25) is 0 Å². The van der Waals surface area contributed by atoms with E-state index in [1.165, 1.54) is 13.2 Å². The van der Waals surface area contributed by atoms with Crippen molar-refractivity contribution >= 4 is 5.97 Å². The summed E-state index contributed by atoms with van der Waals surface area (Å²) in [4.78, 5) is 11.3. The number of carboxylic acid groups (broad SMARTS) is 1. The summed E-state index contributed by atoms with van der Waals surface area (Å²) in [6.45, 7) is 0. The number of aromatic hydroxyl groups is 1. The molecule has 1 aromatic rings. The molecule has 0 saturated heterocycles. The smallest absolute Gasteiger partial charge is 0.314 e. The van der Waals surface area contributed by atoms with Crippen LogP contribution in [0.25, 0.3) is 0 Å². The maximum Gasteiger partial charge on any atom is 0.314 e. The number of benzene rings is 1. The van der Waals surface area contributed by atoms with Gasteiger partial charge in [0, 0.05) is 11.6 Å². The Hall–Kier alpha value is -1.78. The van der Waals surface area contributed by atoms with Crippen LogP contribution in [0.3, 0.4) is 0 Å². The van der Waals surface area contributed by atoms with E-state index in [0.29, 0.717) is 12.8 Å². The molecule has 17 heavy (non-hydrogen) atoms. The summed E-state index contributed by atoms with van der Waals surface area (Å²) in [6, 6.07) is 2.18. The molecule has 0 heterocycles. The van der Waals surface area contributed by atoms with Crippen LogP contribution in [0.1, 0.15) is 24.8 Å². The first kappa shape index (κ1) is 11.7. The number of phenolic OH excluding ortho intramolecular Hbond substituents is 1. The van der Waals surface area contributed by atoms with Gasteiger partial charge in [-0.1, -0.05) is 6.42 Å². The summed E-state index contributed by atoms with van der Waals surface area (Å²) in [5, 5.41) is 18.6. The van der Waals surface area contributed by atoms with Crippen molar-refractivity contribution in [3.8, 4) is 11.5 Å². The standard InChI is InChI=1S/C12H13FO4/c1-17-10-5-7(8(13)6-9(10)14)12(11(15)16)3-2-4-12/h5-6,14H,2-4H2,1H3,(H,15,16). The minimum Gasteiger partial charge on any atom is -0.504 e. The Morgan fingerprint density at radius 2 is 2.12 bits per heavy atom. The summed E-state index contributed by atoms with van der Waals surface area (Å²) in [5.74, 6) is -1.97. The predicted octanol–water partition coefficient (Wildman–Crippen LogP) is 2.05.